The topological polar surface area (TPSA) is 109 Å². The molecule has 0 saturated carbocycles. The summed E-state index contributed by atoms with van der Waals surface area (Å²) in [6.07, 6.45) is 0. The van der Waals surface area contributed by atoms with E-state index in [0.29, 0.717) is 4.90 Å². The highest BCUT2D eigenvalue weighted by Crippen LogP contribution is 2.24. The first-order valence-electron chi connectivity index (χ1n) is 6.71. The van der Waals surface area contributed by atoms with Crippen LogP contribution in [0.25, 0.3) is 0 Å². The number of carbonyl (C=O) groups excluding carboxylic acids is 2. The van der Waals surface area contributed by atoms with Crippen LogP contribution in [-0.4, -0.2) is 57.4 Å². The van der Waals surface area contributed by atoms with Gasteiger partial charge in [-0.3, -0.25) is 14.4 Å². The number of pyridine rings is 1. The van der Waals surface area contributed by atoms with Gasteiger partial charge in [-0.2, -0.15) is 0 Å². The third kappa shape index (κ3) is 4.73. The highest BCUT2D eigenvalue weighted by atomic mass is 35.5. The van der Waals surface area contributed by atoms with E-state index in [2.05, 4.69) is 10.3 Å². The second-order valence-electron chi connectivity index (χ2n) is 4.85. The number of thioether (sulfide) groups is 1. The van der Waals surface area contributed by atoms with Gasteiger partial charge in [0, 0.05) is 4.90 Å². The zero-order chi connectivity index (χ0) is 17.9. The molecule has 11 heteroatoms. The number of halogens is 2. The van der Waals surface area contributed by atoms with Crippen molar-refractivity contribution in [2.75, 3.05) is 12.4 Å². The number of nitrogens with zero attached hydrogens (tertiary/aromatic N) is 2. The molecule has 0 bridgehead atoms. The Kier molecular flexibility index (Phi) is 6.27. The number of aliphatic carboxylic acids is 1. The maximum absolute atomic E-state index is 11.9. The van der Waals surface area contributed by atoms with Crippen LogP contribution in [0, 0.1) is 0 Å². The Morgan fingerprint density at radius 2 is 2.04 bits per heavy atom. The van der Waals surface area contributed by atoms with Gasteiger partial charge in [0.2, 0.25) is 5.91 Å². The van der Waals surface area contributed by atoms with Crippen molar-refractivity contribution >= 4 is 52.7 Å². The van der Waals surface area contributed by atoms with Gasteiger partial charge in [0.15, 0.2) is 6.61 Å². The highest BCUT2D eigenvalue weighted by molar-refractivity contribution is 8.00. The fourth-order valence-electron chi connectivity index (χ4n) is 1.98. The minimum absolute atomic E-state index is 0.0587. The Morgan fingerprint density at radius 1 is 1.42 bits per heavy atom. The zero-order valence-electron chi connectivity index (χ0n) is 12.4. The van der Waals surface area contributed by atoms with Crippen LogP contribution in [0.1, 0.15) is 6.92 Å². The summed E-state index contributed by atoms with van der Waals surface area (Å²) < 4.78 is 0. The predicted molar refractivity (Wildman–Crippen MR) is 86.8 cm³/mol. The molecule has 0 aromatic carbocycles. The average molecular weight is 394 g/mol. The molecule has 0 spiro atoms. The number of hydrogen-bond acceptors (Lipinski definition) is 6. The van der Waals surface area contributed by atoms with Crippen molar-refractivity contribution in [1.29, 1.82) is 0 Å². The zero-order valence-corrected chi connectivity index (χ0v) is 14.7. The molecule has 2 N–H and O–H groups in total. The van der Waals surface area contributed by atoms with E-state index in [1.54, 1.807) is 19.1 Å². The van der Waals surface area contributed by atoms with E-state index in [0.717, 1.165) is 5.06 Å². The third-order valence-corrected chi connectivity index (χ3v) is 4.45. The van der Waals surface area contributed by atoms with Gasteiger partial charge in [0.1, 0.15) is 16.3 Å². The van der Waals surface area contributed by atoms with Gasteiger partial charge in [-0.05, 0) is 19.1 Å². The van der Waals surface area contributed by atoms with Crippen molar-refractivity contribution in [2.24, 2.45) is 0 Å². The SMILES string of the molecule is C[C@H]1[C@H](NC(=O)CSc2cc(Cl)nc(Cl)c2)C(=O)N1OCC(=O)O. The molecule has 2 rings (SSSR count). The molecule has 1 aromatic rings. The average Bonchev–Trinajstić information content (AvgIpc) is 2.49. The van der Waals surface area contributed by atoms with Gasteiger partial charge in [-0.15, -0.1) is 11.8 Å². The minimum atomic E-state index is -1.19. The third-order valence-electron chi connectivity index (χ3n) is 3.09. The molecule has 1 aliphatic heterocycles. The quantitative estimate of drug-likeness (QED) is 0.407. The first-order valence-corrected chi connectivity index (χ1v) is 8.45. The van der Waals surface area contributed by atoms with Crippen LogP contribution in [0.5, 0.6) is 0 Å². The number of carboxylic acids is 1. The second kappa shape index (κ2) is 8.02. The van der Waals surface area contributed by atoms with Crippen molar-refractivity contribution in [3.8, 4) is 0 Å². The van der Waals surface area contributed by atoms with Crippen molar-refractivity contribution in [1.82, 2.24) is 15.4 Å². The maximum atomic E-state index is 11.9. The molecule has 2 heterocycles. The largest absolute Gasteiger partial charge is 0.479 e. The van der Waals surface area contributed by atoms with Gasteiger partial charge >= 0.3 is 5.97 Å². The minimum Gasteiger partial charge on any atom is -0.479 e. The van der Waals surface area contributed by atoms with Crippen LogP contribution in [0.2, 0.25) is 10.3 Å². The number of carboxylic acid groups (broad SMARTS) is 1. The van der Waals surface area contributed by atoms with E-state index in [-0.39, 0.29) is 22.0 Å². The summed E-state index contributed by atoms with van der Waals surface area (Å²) in [5.74, 6) is -1.97. The normalized spacial score (nSPS) is 19.8. The van der Waals surface area contributed by atoms with Gasteiger partial charge in [-0.25, -0.2) is 14.8 Å². The van der Waals surface area contributed by atoms with Crippen LogP contribution < -0.4 is 5.32 Å². The van der Waals surface area contributed by atoms with E-state index < -0.39 is 30.6 Å². The lowest BCUT2D eigenvalue weighted by atomic mass is 10.0. The molecule has 24 heavy (non-hydrogen) atoms. The van der Waals surface area contributed by atoms with Gasteiger partial charge in [0.25, 0.3) is 5.91 Å². The molecule has 1 aromatic heterocycles. The summed E-state index contributed by atoms with van der Waals surface area (Å²) in [5, 5.41) is 12.5. The first-order chi connectivity index (χ1) is 11.3. The van der Waals surface area contributed by atoms with Crippen molar-refractivity contribution in [3.63, 3.8) is 0 Å². The molecule has 2 atom stereocenters. The number of rotatable bonds is 7. The molecule has 0 aliphatic carbocycles. The Bertz CT molecular complexity index is 655. The number of hydroxylamine groups is 2. The summed E-state index contributed by atoms with van der Waals surface area (Å²) in [6.45, 7) is 1.03. The fourth-order valence-corrected chi connectivity index (χ4v) is 3.34. The fraction of sp³-hybridized carbons (Fsp3) is 0.385. The van der Waals surface area contributed by atoms with E-state index in [4.69, 9.17) is 33.1 Å². The van der Waals surface area contributed by atoms with E-state index in [1.807, 2.05) is 0 Å². The Hall–Kier alpha value is -1.55. The first kappa shape index (κ1) is 18.8. The number of β-lactam (4-membered cyclic amide) rings is 1. The number of amides is 2. The van der Waals surface area contributed by atoms with Crippen LogP contribution in [-0.2, 0) is 19.2 Å². The molecule has 1 fully saturated rings. The van der Waals surface area contributed by atoms with Crippen molar-refractivity contribution in [3.05, 3.63) is 22.4 Å². The Labute approximate surface area is 151 Å². The van der Waals surface area contributed by atoms with Gasteiger partial charge in [0.05, 0.1) is 11.8 Å². The van der Waals surface area contributed by atoms with E-state index in [1.165, 1.54) is 11.8 Å². The lowest BCUT2D eigenvalue weighted by Gasteiger charge is -2.43. The number of nitrogens with one attached hydrogen (secondary N) is 1. The number of aromatic nitrogens is 1. The highest BCUT2D eigenvalue weighted by Gasteiger charge is 2.46. The molecular formula is C13H13Cl2N3O5S. The Balaban J connectivity index is 1.80. The van der Waals surface area contributed by atoms with E-state index in [9.17, 15) is 14.4 Å². The molecule has 1 saturated heterocycles. The summed E-state index contributed by atoms with van der Waals surface area (Å²) in [4.78, 5) is 43.5. The molecule has 0 unspecified atom stereocenters. The second-order valence-corrected chi connectivity index (χ2v) is 6.68. The molecule has 1 aliphatic rings. The van der Waals surface area contributed by atoms with E-state index >= 15 is 0 Å². The monoisotopic (exact) mass is 393 g/mol. The molecule has 2 amide bonds. The molecule has 0 radical (unpaired) electrons. The molecule has 8 nitrogen and oxygen atoms in total. The summed E-state index contributed by atoms with van der Waals surface area (Å²) >= 11 is 12.7. The van der Waals surface area contributed by atoms with Crippen LogP contribution in [0.3, 0.4) is 0 Å². The lowest BCUT2D eigenvalue weighted by Crippen LogP contribution is -2.69. The van der Waals surface area contributed by atoms with Crippen molar-refractivity contribution < 1.29 is 24.3 Å². The van der Waals surface area contributed by atoms with Crippen LogP contribution in [0.4, 0.5) is 0 Å². The summed E-state index contributed by atoms with van der Waals surface area (Å²) in [7, 11) is 0. The predicted octanol–water partition coefficient (Wildman–Crippen LogP) is 1.21. The smallest absolute Gasteiger partial charge is 0.332 e. The summed E-state index contributed by atoms with van der Waals surface area (Å²) in [6, 6.07) is 1.96. The molecule has 130 valence electrons. The summed E-state index contributed by atoms with van der Waals surface area (Å²) in [5.41, 5.74) is 0. The standard InChI is InChI=1S/C13H13Cl2N3O5S/c1-6-12(13(22)18(6)23-4-11(20)21)17-10(19)5-24-7-2-8(14)16-9(15)3-7/h2-3,6,12H,4-5H2,1H3,(H,17,19)(H,20,21)/t6-,12-/m0/s1. The van der Waals surface area contributed by atoms with Crippen molar-refractivity contribution in [2.45, 2.75) is 23.9 Å². The molecular weight excluding hydrogens is 381 g/mol. The van der Waals surface area contributed by atoms with Crippen LogP contribution >= 0.6 is 35.0 Å². The number of hydrogen-bond donors (Lipinski definition) is 2. The van der Waals surface area contributed by atoms with Gasteiger partial charge < -0.3 is 10.4 Å². The lowest BCUT2D eigenvalue weighted by molar-refractivity contribution is -0.233. The van der Waals surface area contributed by atoms with Gasteiger partial charge in [-0.1, -0.05) is 23.2 Å². The Morgan fingerprint density at radius 3 is 2.58 bits per heavy atom. The number of carbonyl (C=O) groups is 3. The maximum Gasteiger partial charge on any atom is 0.332 e. The van der Waals surface area contributed by atoms with Crippen LogP contribution in [0.15, 0.2) is 17.0 Å².